The van der Waals surface area contributed by atoms with Crippen LogP contribution in [0, 0.1) is 0 Å². The Morgan fingerprint density at radius 3 is 2.55 bits per heavy atom. The summed E-state index contributed by atoms with van der Waals surface area (Å²) in [5, 5.41) is 9.86. The van der Waals surface area contributed by atoms with Crippen molar-refractivity contribution >= 4 is 40.7 Å². The number of rotatable bonds is 2. The molecule has 1 aliphatic rings. The summed E-state index contributed by atoms with van der Waals surface area (Å²) in [6, 6.07) is 5.02. The van der Waals surface area contributed by atoms with E-state index in [9.17, 15) is 14.7 Å². The number of fused-ring (bicyclic) bond motifs is 1. The average molecular weight is 324 g/mol. The predicted molar refractivity (Wildman–Crippen MR) is 89.3 cm³/mol. The number of nitrogens with one attached hydrogen (secondary N) is 1. The van der Waals surface area contributed by atoms with Crippen molar-refractivity contribution in [1.29, 1.82) is 0 Å². The molecule has 1 saturated heterocycles. The van der Waals surface area contributed by atoms with Crippen molar-refractivity contribution in [3.8, 4) is 0 Å². The first-order valence-electron chi connectivity index (χ1n) is 7.02. The molecule has 0 spiro atoms. The van der Waals surface area contributed by atoms with Crippen LogP contribution in [0.4, 0.5) is 11.4 Å². The minimum atomic E-state index is -1.14. The van der Waals surface area contributed by atoms with Crippen LogP contribution in [0.15, 0.2) is 23.0 Å². The van der Waals surface area contributed by atoms with Gasteiger partial charge in [-0.3, -0.25) is 4.79 Å². The highest BCUT2D eigenvalue weighted by molar-refractivity contribution is 5.99. The fourth-order valence-corrected chi connectivity index (χ4v) is 2.90. The van der Waals surface area contributed by atoms with Gasteiger partial charge in [-0.25, -0.2) is 4.79 Å². The van der Waals surface area contributed by atoms with Gasteiger partial charge in [0.05, 0.1) is 11.2 Å². The second kappa shape index (κ2) is 6.27. The van der Waals surface area contributed by atoms with Crippen molar-refractivity contribution in [2.24, 2.45) is 0 Å². The summed E-state index contributed by atoms with van der Waals surface area (Å²) in [4.78, 5) is 29.0. The number of H-pyrrole nitrogens is 1. The quantitative estimate of drug-likeness (QED) is 0.736. The van der Waals surface area contributed by atoms with Gasteiger partial charge in [0.2, 0.25) is 5.43 Å². The van der Waals surface area contributed by atoms with E-state index in [2.05, 4.69) is 4.98 Å². The van der Waals surface area contributed by atoms with Gasteiger partial charge >= 0.3 is 5.97 Å². The number of carbonyl (C=O) groups is 1. The molecule has 7 heteroatoms. The number of aromatic nitrogens is 1. The van der Waals surface area contributed by atoms with Gasteiger partial charge in [-0.15, -0.1) is 12.4 Å². The first-order valence-corrected chi connectivity index (χ1v) is 7.02. The molecule has 1 fully saturated rings. The molecule has 0 aliphatic carbocycles. The largest absolute Gasteiger partial charge is 0.477 e. The van der Waals surface area contributed by atoms with Crippen LogP contribution >= 0.6 is 12.4 Å². The van der Waals surface area contributed by atoms with Gasteiger partial charge in [-0.2, -0.15) is 0 Å². The lowest BCUT2D eigenvalue weighted by molar-refractivity contribution is 0.0691. The number of nitrogens with zero attached hydrogens (tertiary/aromatic N) is 1. The number of piperidine rings is 1. The maximum Gasteiger partial charge on any atom is 0.354 e. The van der Waals surface area contributed by atoms with Crippen LogP contribution in [0.2, 0.25) is 0 Å². The highest BCUT2D eigenvalue weighted by atomic mass is 35.5. The first kappa shape index (κ1) is 16.2. The molecule has 0 amide bonds. The molecule has 6 nitrogen and oxygen atoms in total. The fourth-order valence-electron chi connectivity index (χ4n) is 2.90. The molecule has 118 valence electrons. The second-order valence-electron chi connectivity index (χ2n) is 5.30. The molecule has 3 rings (SSSR count). The Hall–Kier alpha value is -2.21. The smallest absolute Gasteiger partial charge is 0.354 e. The Labute approximate surface area is 133 Å². The Bertz CT molecular complexity index is 766. The first-order chi connectivity index (χ1) is 10.1. The van der Waals surface area contributed by atoms with Crippen LogP contribution in [-0.2, 0) is 0 Å². The Morgan fingerprint density at radius 1 is 1.23 bits per heavy atom. The second-order valence-corrected chi connectivity index (χ2v) is 5.30. The molecule has 1 aromatic carbocycles. The van der Waals surface area contributed by atoms with Crippen LogP contribution in [-0.4, -0.2) is 29.1 Å². The molecule has 0 saturated carbocycles. The lowest BCUT2D eigenvalue weighted by Crippen LogP contribution is -2.35. The number of carboxylic acid groups (broad SMARTS) is 1. The van der Waals surface area contributed by atoms with E-state index < -0.39 is 5.97 Å². The van der Waals surface area contributed by atoms with E-state index >= 15 is 0 Å². The minimum absolute atomic E-state index is 0. The van der Waals surface area contributed by atoms with Gasteiger partial charge in [0, 0.05) is 18.5 Å². The molecule has 2 aromatic rings. The van der Waals surface area contributed by atoms with Gasteiger partial charge in [-0.05, 0) is 31.4 Å². The SMILES string of the molecule is Cl.Nc1cccc2c(=O)c(N3CCCCC3)c(C(=O)O)[nH]c12. The summed E-state index contributed by atoms with van der Waals surface area (Å²) < 4.78 is 0. The average Bonchev–Trinajstić information content (AvgIpc) is 2.48. The van der Waals surface area contributed by atoms with Gasteiger partial charge < -0.3 is 20.7 Å². The zero-order chi connectivity index (χ0) is 15.0. The van der Waals surface area contributed by atoms with E-state index in [0.29, 0.717) is 29.7 Å². The van der Waals surface area contributed by atoms with E-state index in [1.807, 2.05) is 4.90 Å². The van der Waals surface area contributed by atoms with Gasteiger partial charge in [0.1, 0.15) is 5.69 Å². The number of halogens is 1. The topological polar surface area (TPSA) is 99.4 Å². The van der Waals surface area contributed by atoms with Crippen LogP contribution in [0.1, 0.15) is 29.8 Å². The summed E-state index contributed by atoms with van der Waals surface area (Å²) in [5.74, 6) is -1.14. The molecular formula is C15H18ClN3O3. The molecule has 2 heterocycles. The number of nitrogens with two attached hydrogens (primary N) is 1. The van der Waals surface area contributed by atoms with Crippen molar-refractivity contribution in [3.63, 3.8) is 0 Å². The third-order valence-corrected chi connectivity index (χ3v) is 3.93. The lowest BCUT2D eigenvalue weighted by atomic mass is 10.1. The molecule has 0 atom stereocenters. The number of para-hydroxylation sites is 1. The third kappa shape index (κ3) is 2.62. The normalized spacial score (nSPS) is 14.6. The number of benzene rings is 1. The molecule has 0 unspecified atom stereocenters. The van der Waals surface area contributed by atoms with Gasteiger partial charge in [0.25, 0.3) is 0 Å². The van der Waals surface area contributed by atoms with Crippen LogP contribution in [0.5, 0.6) is 0 Å². The zero-order valence-corrected chi connectivity index (χ0v) is 12.8. The number of hydrogen-bond donors (Lipinski definition) is 3. The number of anilines is 2. The standard InChI is InChI=1S/C15H17N3O3.ClH/c16-10-6-4-5-9-11(10)17-12(15(20)21)13(14(9)19)18-7-2-1-3-8-18;/h4-6H,1-3,7-8,16H2,(H,17,19)(H,20,21);1H. The maximum atomic E-state index is 12.7. The molecule has 0 bridgehead atoms. The van der Waals surface area contributed by atoms with Crippen molar-refractivity contribution in [3.05, 3.63) is 34.1 Å². The highest BCUT2D eigenvalue weighted by Gasteiger charge is 2.24. The van der Waals surface area contributed by atoms with Crippen molar-refractivity contribution in [2.75, 3.05) is 23.7 Å². The van der Waals surface area contributed by atoms with Crippen molar-refractivity contribution in [1.82, 2.24) is 4.98 Å². The van der Waals surface area contributed by atoms with E-state index in [1.165, 1.54) is 0 Å². The van der Waals surface area contributed by atoms with Crippen LogP contribution in [0.25, 0.3) is 10.9 Å². The van der Waals surface area contributed by atoms with Crippen LogP contribution in [0.3, 0.4) is 0 Å². The Balaban J connectivity index is 0.00000176. The number of nitrogen functional groups attached to an aromatic ring is 1. The fraction of sp³-hybridized carbons (Fsp3) is 0.333. The molecular weight excluding hydrogens is 306 g/mol. The number of aromatic carboxylic acids is 1. The maximum absolute atomic E-state index is 12.7. The van der Waals surface area contributed by atoms with Gasteiger partial charge in [-0.1, -0.05) is 6.07 Å². The Kier molecular flexibility index (Phi) is 4.61. The van der Waals surface area contributed by atoms with Crippen LogP contribution < -0.4 is 16.1 Å². The molecule has 0 radical (unpaired) electrons. The number of pyridine rings is 1. The van der Waals surface area contributed by atoms with E-state index in [-0.39, 0.29) is 29.2 Å². The van der Waals surface area contributed by atoms with Crippen molar-refractivity contribution in [2.45, 2.75) is 19.3 Å². The van der Waals surface area contributed by atoms with E-state index in [4.69, 9.17) is 5.73 Å². The number of carboxylic acids is 1. The summed E-state index contributed by atoms with van der Waals surface area (Å²) in [6.07, 6.45) is 3.04. The monoisotopic (exact) mass is 323 g/mol. The number of hydrogen-bond acceptors (Lipinski definition) is 4. The predicted octanol–water partition coefficient (Wildman–Crippen LogP) is 2.22. The number of aromatic amines is 1. The summed E-state index contributed by atoms with van der Waals surface area (Å²) >= 11 is 0. The molecule has 22 heavy (non-hydrogen) atoms. The minimum Gasteiger partial charge on any atom is -0.477 e. The summed E-state index contributed by atoms with van der Waals surface area (Å²) in [7, 11) is 0. The van der Waals surface area contributed by atoms with Crippen molar-refractivity contribution < 1.29 is 9.90 Å². The third-order valence-electron chi connectivity index (χ3n) is 3.93. The molecule has 1 aromatic heterocycles. The van der Waals surface area contributed by atoms with Gasteiger partial charge in [0.15, 0.2) is 5.69 Å². The molecule has 1 aliphatic heterocycles. The van der Waals surface area contributed by atoms with E-state index in [1.54, 1.807) is 18.2 Å². The highest BCUT2D eigenvalue weighted by Crippen LogP contribution is 2.24. The molecule has 4 N–H and O–H groups in total. The van der Waals surface area contributed by atoms with E-state index in [0.717, 1.165) is 19.3 Å². The summed E-state index contributed by atoms with van der Waals surface area (Å²) in [5.41, 5.74) is 6.51. The lowest BCUT2D eigenvalue weighted by Gasteiger charge is -2.29. The summed E-state index contributed by atoms with van der Waals surface area (Å²) in [6.45, 7) is 1.41. The Morgan fingerprint density at radius 2 is 1.91 bits per heavy atom. The zero-order valence-electron chi connectivity index (χ0n) is 12.0.